The van der Waals surface area contributed by atoms with E-state index in [1.807, 2.05) is 4.72 Å². The van der Waals surface area contributed by atoms with E-state index in [2.05, 4.69) is 0 Å². The molecule has 7 heteroatoms. The summed E-state index contributed by atoms with van der Waals surface area (Å²) in [6.45, 7) is 3.41. The predicted molar refractivity (Wildman–Crippen MR) is 66.7 cm³/mol. The number of hydrogen-bond donors (Lipinski definition) is 2. The van der Waals surface area contributed by atoms with Crippen molar-refractivity contribution in [2.75, 3.05) is 0 Å². The normalized spacial score (nSPS) is 16.6. The molecule has 1 rings (SSSR count). The van der Waals surface area contributed by atoms with Gasteiger partial charge in [-0.2, -0.15) is 0 Å². The van der Waals surface area contributed by atoms with E-state index >= 15 is 0 Å². The van der Waals surface area contributed by atoms with Crippen LogP contribution in [-0.2, 0) is 14.8 Å². The molecule has 0 saturated heterocycles. The van der Waals surface area contributed by atoms with Crippen molar-refractivity contribution in [1.29, 1.82) is 0 Å². The minimum Gasteiger partial charge on any atom is -0.761 e. The first-order valence-corrected chi connectivity index (χ1v) is 6.37. The standard InChI is InChI=1S/C11H14N2O3S.Na/c1-8(2)7-11(14)13-17(15,16)10-5-3-9(12)4-6-10;/h3-7,12H,1-2H3,(H2,13,14,15,16);/q;+1. The molecule has 0 saturated carbocycles. The summed E-state index contributed by atoms with van der Waals surface area (Å²) in [5.74, 6) is -0.665. The predicted octanol–water partition coefficient (Wildman–Crippen LogP) is -4.10. The molecule has 1 unspecified atom stereocenters. The van der Waals surface area contributed by atoms with E-state index in [1.165, 1.54) is 30.4 Å². The molecular formula is C11H14N2NaO3S+. The van der Waals surface area contributed by atoms with E-state index in [9.17, 15) is 13.6 Å². The van der Waals surface area contributed by atoms with Gasteiger partial charge in [0, 0.05) is 23.1 Å². The molecule has 0 heterocycles. The third-order valence-electron chi connectivity index (χ3n) is 1.85. The van der Waals surface area contributed by atoms with E-state index in [1.54, 1.807) is 13.8 Å². The van der Waals surface area contributed by atoms with Crippen molar-refractivity contribution in [2.45, 2.75) is 13.8 Å². The van der Waals surface area contributed by atoms with Gasteiger partial charge < -0.3 is 4.55 Å². The van der Waals surface area contributed by atoms with Gasteiger partial charge in [0.15, 0.2) is 5.71 Å². The Morgan fingerprint density at radius 2 is 1.83 bits per heavy atom. The van der Waals surface area contributed by atoms with Crippen LogP contribution in [0.1, 0.15) is 13.8 Å². The van der Waals surface area contributed by atoms with Crippen LogP contribution in [0.3, 0.4) is 0 Å². The van der Waals surface area contributed by atoms with Gasteiger partial charge >= 0.3 is 29.6 Å². The van der Waals surface area contributed by atoms with E-state index < -0.39 is 15.9 Å². The molecule has 1 aliphatic carbocycles. The fraction of sp³-hybridized carbons (Fsp3) is 0.182. The van der Waals surface area contributed by atoms with Crippen molar-refractivity contribution in [3.05, 3.63) is 36.0 Å². The molecular weight excluding hydrogens is 263 g/mol. The first kappa shape index (κ1) is 17.3. The van der Waals surface area contributed by atoms with Gasteiger partial charge in [-0.3, -0.25) is 19.1 Å². The fourth-order valence-electron chi connectivity index (χ4n) is 1.13. The van der Waals surface area contributed by atoms with E-state index in [0.717, 1.165) is 5.57 Å². The summed E-state index contributed by atoms with van der Waals surface area (Å²) in [4.78, 5) is 11.3. The van der Waals surface area contributed by atoms with Crippen LogP contribution >= 0.6 is 0 Å². The molecule has 0 aromatic carbocycles. The average Bonchev–Trinajstić information content (AvgIpc) is 2.15. The Bertz CT molecular complexity index is 545. The van der Waals surface area contributed by atoms with Gasteiger partial charge in [0.1, 0.15) is 0 Å². The molecule has 0 fully saturated rings. The fourth-order valence-corrected chi connectivity index (χ4v) is 2.07. The zero-order valence-electron chi connectivity index (χ0n) is 10.6. The van der Waals surface area contributed by atoms with Gasteiger partial charge in [-0.15, -0.1) is 0 Å². The summed E-state index contributed by atoms with van der Waals surface area (Å²) in [6.07, 6.45) is 6.82. The Balaban J connectivity index is 0.00000289. The van der Waals surface area contributed by atoms with Crippen molar-refractivity contribution in [1.82, 2.24) is 4.72 Å². The van der Waals surface area contributed by atoms with E-state index in [4.69, 9.17) is 5.41 Å². The minimum absolute atomic E-state index is 0. The molecule has 0 radical (unpaired) electrons. The average molecular weight is 277 g/mol. The second kappa shape index (κ2) is 7.06. The van der Waals surface area contributed by atoms with Crippen LogP contribution < -0.4 is 39.7 Å². The SMILES string of the molecule is CC(C)=CC(=O)NS(=O)([O-])=C1C=CC(=[NH2+])C=C1.[Na+]. The molecule has 1 aliphatic rings. The maximum atomic E-state index is 11.7. The molecule has 18 heavy (non-hydrogen) atoms. The number of carbonyl (C=O) groups excluding carboxylic acids is 1. The number of rotatable bonds is 2. The molecule has 0 aromatic heterocycles. The van der Waals surface area contributed by atoms with Gasteiger partial charge in [0.2, 0.25) is 0 Å². The molecule has 0 aromatic rings. The van der Waals surface area contributed by atoms with Crippen molar-refractivity contribution in [2.24, 2.45) is 0 Å². The van der Waals surface area contributed by atoms with Crippen LogP contribution in [0.25, 0.3) is 0 Å². The molecule has 5 nitrogen and oxygen atoms in total. The third kappa shape index (κ3) is 5.32. The summed E-state index contributed by atoms with van der Waals surface area (Å²) < 4.78 is 25.4. The number of carbonyl (C=O) groups is 1. The van der Waals surface area contributed by atoms with Gasteiger partial charge in [-0.1, -0.05) is 5.57 Å². The summed E-state index contributed by atoms with van der Waals surface area (Å²) >= 11 is 0. The maximum absolute atomic E-state index is 11.7. The van der Waals surface area contributed by atoms with Crippen molar-refractivity contribution in [3.63, 3.8) is 0 Å². The first-order chi connectivity index (χ1) is 7.81. The van der Waals surface area contributed by atoms with Crippen LogP contribution in [0.4, 0.5) is 0 Å². The number of hydrogen-bond acceptors (Lipinski definition) is 3. The second-order valence-electron chi connectivity index (χ2n) is 3.76. The Morgan fingerprint density at radius 1 is 1.33 bits per heavy atom. The monoisotopic (exact) mass is 277 g/mol. The zero-order chi connectivity index (χ0) is 13.1. The number of nitrogens with two attached hydrogens (primary N) is 1. The second-order valence-corrected chi connectivity index (χ2v) is 5.44. The topological polar surface area (TPSA) is 94.8 Å². The smallest absolute Gasteiger partial charge is 0.761 e. The molecule has 0 aliphatic heterocycles. The zero-order valence-corrected chi connectivity index (χ0v) is 13.4. The molecule has 0 spiro atoms. The van der Waals surface area contributed by atoms with Gasteiger partial charge in [0.05, 0.1) is 0 Å². The minimum atomic E-state index is -3.82. The largest absolute Gasteiger partial charge is 1.00 e. The molecule has 92 valence electrons. The Kier molecular flexibility index (Phi) is 6.80. The number of amides is 1. The molecule has 1 amide bonds. The van der Waals surface area contributed by atoms with Gasteiger partial charge in [-0.25, -0.2) is 0 Å². The van der Waals surface area contributed by atoms with Crippen LogP contribution in [0.2, 0.25) is 0 Å². The quantitative estimate of drug-likeness (QED) is 0.305. The van der Waals surface area contributed by atoms with Gasteiger partial charge in [-0.05, 0) is 36.0 Å². The van der Waals surface area contributed by atoms with E-state index in [0.29, 0.717) is 5.71 Å². The van der Waals surface area contributed by atoms with Crippen molar-refractivity contribution < 1.29 is 48.5 Å². The summed E-state index contributed by atoms with van der Waals surface area (Å²) in [5, 5.41) is 5.45. The third-order valence-corrected chi connectivity index (χ3v) is 3.21. The molecule has 1 atom stereocenters. The van der Waals surface area contributed by atoms with Crippen LogP contribution in [-0.4, -0.2) is 25.2 Å². The summed E-state index contributed by atoms with van der Waals surface area (Å²) in [5.41, 5.74) is 1.18. The molecule has 3 N–H and O–H groups in total. The Hall–Kier alpha value is -0.660. The Morgan fingerprint density at radius 3 is 2.28 bits per heavy atom. The van der Waals surface area contributed by atoms with Crippen LogP contribution in [0, 0.1) is 0 Å². The number of allylic oxidation sites excluding steroid dienone is 5. The van der Waals surface area contributed by atoms with Crippen molar-refractivity contribution >= 4 is 26.5 Å². The molecule has 0 bridgehead atoms. The first-order valence-electron chi connectivity index (χ1n) is 4.88. The summed E-state index contributed by atoms with van der Waals surface area (Å²) in [7, 11) is -3.82. The Labute approximate surface area is 129 Å². The van der Waals surface area contributed by atoms with Gasteiger partial charge in [0.25, 0.3) is 5.91 Å². The maximum Gasteiger partial charge on any atom is 1.00 e. The van der Waals surface area contributed by atoms with Crippen LogP contribution in [0.5, 0.6) is 0 Å². The van der Waals surface area contributed by atoms with Crippen molar-refractivity contribution in [3.8, 4) is 0 Å². The summed E-state index contributed by atoms with van der Waals surface area (Å²) in [6, 6.07) is 0. The van der Waals surface area contributed by atoms with E-state index in [-0.39, 0.29) is 34.4 Å². The number of nitrogens with one attached hydrogen (secondary N) is 1. The van der Waals surface area contributed by atoms with Crippen LogP contribution in [0.15, 0.2) is 36.0 Å².